The predicted molar refractivity (Wildman–Crippen MR) is 156 cm³/mol. The summed E-state index contributed by atoms with van der Waals surface area (Å²) in [6.45, 7) is 5.12. The summed E-state index contributed by atoms with van der Waals surface area (Å²) in [6, 6.07) is 21.0. The predicted octanol–water partition coefficient (Wildman–Crippen LogP) is 4.99. The van der Waals surface area contributed by atoms with Crippen LogP contribution in [0.5, 0.6) is 5.75 Å². The Labute approximate surface area is 239 Å². The number of benzene rings is 3. The van der Waals surface area contributed by atoms with Crippen LogP contribution in [-0.4, -0.2) is 50.9 Å². The van der Waals surface area contributed by atoms with Gasteiger partial charge in [0.05, 0.1) is 17.7 Å². The minimum absolute atomic E-state index is 0.0571. The lowest BCUT2D eigenvalue weighted by Gasteiger charge is -2.33. The molecule has 0 aliphatic rings. The number of carbonyl (C=O) groups excluding carboxylic acids is 2. The minimum atomic E-state index is -4.11. The van der Waals surface area contributed by atoms with Crippen LogP contribution in [0.15, 0.2) is 88.2 Å². The van der Waals surface area contributed by atoms with Crippen LogP contribution in [0.25, 0.3) is 0 Å². The van der Waals surface area contributed by atoms with Crippen molar-refractivity contribution in [2.24, 2.45) is 0 Å². The van der Waals surface area contributed by atoms with Gasteiger partial charge in [-0.1, -0.05) is 59.3 Å². The summed E-state index contributed by atoms with van der Waals surface area (Å²) in [5.41, 5.74) is 1.07. The molecule has 0 spiro atoms. The Morgan fingerprint density at radius 2 is 1.67 bits per heavy atom. The molecule has 0 saturated carbocycles. The van der Waals surface area contributed by atoms with Gasteiger partial charge in [-0.3, -0.25) is 13.9 Å². The lowest BCUT2D eigenvalue weighted by atomic mass is 10.1. The Morgan fingerprint density at radius 3 is 2.28 bits per heavy atom. The van der Waals surface area contributed by atoms with Crippen LogP contribution >= 0.6 is 15.9 Å². The van der Waals surface area contributed by atoms with Crippen molar-refractivity contribution in [1.29, 1.82) is 0 Å². The van der Waals surface area contributed by atoms with Crippen molar-refractivity contribution in [1.82, 2.24) is 10.2 Å². The SMILES string of the molecule is CCC(C(=O)NC(C)C)N(Cc1cccc(OC)c1)C(=O)CN(c1cccc(Br)c1)S(=O)(=O)c1ccccc1. The standard InChI is InChI=1S/C29H34BrN3O5S/c1-5-27(29(35)31-21(2)3)32(19-22-11-9-14-25(17-22)38-4)28(34)20-33(24-13-10-12-23(30)18-24)39(36,37)26-15-7-6-8-16-26/h6-18,21,27H,5,19-20H2,1-4H3,(H,31,35). The van der Waals surface area contributed by atoms with Crippen LogP contribution in [0, 0.1) is 0 Å². The van der Waals surface area contributed by atoms with E-state index in [1.165, 1.54) is 17.0 Å². The number of halogens is 1. The van der Waals surface area contributed by atoms with Crippen molar-refractivity contribution in [2.75, 3.05) is 18.0 Å². The van der Waals surface area contributed by atoms with Gasteiger partial charge in [-0.2, -0.15) is 0 Å². The molecule has 208 valence electrons. The molecule has 2 amide bonds. The molecule has 0 heterocycles. The van der Waals surface area contributed by atoms with E-state index in [0.29, 0.717) is 22.3 Å². The third-order valence-corrected chi connectivity index (χ3v) is 8.29. The Bertz CT molecular complexity index is 1380. The molecule has 0 fully saturated rings. The second-order valence-corrected chi connectivity index (χ2v) is 12.0. The van der Waals surface area contributed by atoms with Gasteiger partial charge < -0.3 is 15.0 Å². The highest BCUT2D eigenvalue weighted by Crippen LogP contribution is 2.27. The van der Waals surface area contributed by atoms with Gasteiger partial charge in [-0.25, -0.2) is 8.42 Å². The number of rotatable bonds is 12. The first-order valence-corrected chi connectivity index (χ1v) is 14.9. The molecule has 8 nitrogen and oxygen atoms in total. The number of anilines is 1. The summed E-state index contributed by atoms with van der Waals surface area (Å²) in [5.74, 6) is -0.200. The van der Waals surface area contributed by atoms with Crippen molar-refractivity contribution in [2.45, 2.75) is 50.7 Å². The van der Waals surface area contributed by atoms with Gasteiger partial charge in [0.25, 0.3) is 10.0 Å². The molecule has 0 saturated heterocycles. The van der Waals surface area contributed by atoms with Gasteiger partial charge in [0.15, 0.2) is 0 Å². The molecule has 1 N–H and O–H groups in total. The number of sulfonamides is 1. The third-order valence-electron chi connectivity index (χ3n) is 6.01. The topological polar surface area (TPSA) is 96.0 Å². The van der Waals surface area contributed by atoms with Gasteiger partial charge in [0.2, 0.25) is 11.8 Å². The third kappa shape index (κ3) is 7.83. The number of hydrogen-bond donors (Lipinski definition) is 1. The second-order valence-electron chi connectivity index (χ2n) is 9.27. The van der Waals surface area contributed by atoms with E-state index in [4.69, 9.17) is 4.74 Å². The number of hydrogen-bond acceptors (Lipinski definition) is 5. The summed E-state index contributed by atoms with van der Waals surface area (Å²) in [6.07, 6.45) is 0.344. The van der Waals surface area contributed by atoms with Crippen molar-refractivity contribution >= 4 is 43.5 Å². The quantitative estimate of drug-likeness (QED) is 0.310. The van der Waals surface area contributed by atoms with E-state index in [1.54, 1.807) is 67.8 Å². The summed E-state index contributed by atoms with van der Waals surface area (Å²) in [4.78, 5) is 28.7. The molecular weight excluding hydrogens is 582 g/mol. The number of methoxy groups -OCH3 is 1. The molecule has 39 heavy (non-hydrogen) atoms. The van der Waals surface area contributed by atoms with E-state index in [-0.39, 0.29) is 23.4 Å². The van der Waals surface area contributed by atoms with Crippen molar-refractivity contribution in [3.63, 3.8) is 0 Å². The van der Waals surface area contributed by atoms with Gasteiger partial charge >= 0.3 is 0 Å². The zero-order chi connectivity index (χ0) is 28.6. The van der Waals surface area contributed by atoms with E-state index in [2.05, 4.69) is 21.2 Å². The van der Waals surface area contributed by atoms with Gasteiger partial charge in [-0.05, 0) is 68.3 Å². The van der Waals surface area contributed by atoms with Crippen molar-refractivity contribution < 1.29 is 22.7 Å². The number of nitrogens with one attached hydrogen (secondary N) is 1. The summed E-state index contributed by atoms with van der Waals surface area (Å²) >= 11 is 3.40. The Morgan fingerprint density at radius 1 is 0.974 bits per heavy atom. The zero-order valence-electron chi connectivity index (χ0n) is 22.5. The summed E-state index contributed by atoms with van der Waals surface area (Å²) < 4.78 is 34.7. The summed E-state index contributed by atoms with van der Waals surface area (Å²) in [7, 11) is -2.56. The van der Waals surface area contributed by atoms with E-state index in [0.717, 1.165) is 9.87 Å². The fourth-order valence-electron chi connectivity index (χ4n) is 4.15. The molecule has 0 aromatic heterocycles. The molecule has 3 rings (SSSR count). The zero-order valence-corrected chi connectivity index (χ0v) is 24.9. The van der Waals surface area contributed by atoms with E-state index in [9.17, 15) is 18.0 Å². The van der Waals surface area contributed by atoms with Crippen LogP contribution in [-0.2, 0) is 26.2 Å². The molecule has 0 bridgehead atoms. The van der Waals surface area contributed by atoms with Crippen LogP contribution in [0.3, 0.4) is 0 Å². The van der Waals surface area contributed by atoms with Crippen LogP contribution < -0.4 is 14.4 Å². The molecule has 3 aromatic rings. The molecular formula is C29H34BrN3O5S. The number of nitrogens with zero attached hydrogens (tertiary/aromatic N) is 2. The maximum Gasteiger partial charge on any atom is 0.264 e. The first-order valence-electron chi connectivity index (χ1n) is 12.6. The fraction of sp³-hybridized carbons (Fsp3) is 0.310. The smallest absolute Gasteiger partial charge is 0.264 e. The number of ether oxygens (including phenoxy) is 1. The minimum Gasteiger partial charge on any atom is -0.497 e. The second kappa shape index (κ2) is 13.6. The van der Waals surface area contributed by atoms with E-state index < -0.39 is 28.5 Å². The molecule has 1 unspecified atom stereocenters. The normalized spacial score (nSPS) is 12.1. The average molecular weight is 617 g/mol. The van der Waals surface area contributed by atoms with E-state index >= 15 is 0 Å². The van der Waals surface area contributed by atoms with E-state index in [1.807, 2.05) is 26.8 Å². The highest BCUT2D eigenvalue weighted by Gasteiger charge is 2.33. The molecule has 0 aliphatic heterocycles. The van der Waals surface area contributed by atoms with Crippen LogP contribution in [0.2, 0.25) is 0 Å². The van der Waals surface area contributed by atoms with Crippen LogP contribution in [0.4, 0.5) is 5.69 Å². The lowest BCUT2D eigenvalue weighted by molar-refractivity contribution is -0.140. The van der Waals surface area contributed by atoms with Gasteiger partial charge in [0, 0.05) is 17.1 Å². The highest BCUT2D eigenvalue weighted by molar-refractivity contribution is 9.10. The maximum absolute atomic E-state index is 14.0. The van der Waals surface area contributed by atoms with Crippen molar-refractivity contribution in [3.05, 3.63) is 88.9 Å². The monoisotopic (exact) mass is 615 g/mol. The number of carbonyl (C=O) groups is 2. The first-order chi connectivity index (χ1) is 18.6. The molecule has 0 radical (unpaired) electrons. The average Bonchev–Trinajstić information content (AvgIpc) is 2.91. The van der Waals surface area contributed by atoms with Gasteiger partial charge in [0.1, 0.15) is 18.3 Å². The lowest BCUT2D eigenvalue weighted by Crippen LogP contribution is -2.53. The van der Waals surface area contributed by atoms with Gasteiger partial charge in [-0.15, -0.1) is 0 Å². The number of amides is 2. The first kappa shape index (κ1) is 30.2. The summed E-state index contributed by atoms with van der Waals surface area (Å²) in [5, 5.41) is 2.89. The molecule has 1 atom stereocenters. The largest absolute Gasteiger partial charge is 0.497 e. The van der Waals surface area contributed by atoms with Crippen LogP contribution in [0.1, 0.15) is 32.8 Å². The fourth-order valence-corrected chi connectivity index (χ4v) is 5.96. The Balaban J connectivity index is 2.06. The van der Waals surface area contributed by atoms with Crippen molar-refractivity contribution in [3.8, 4) is 5.75 Å². The Hall–Kier alpha value is -3.37. The Kier molecular flexibility index (Phi) is 10.5. The molecule has 0 aliphatic carbocycles. The maximum atomic E-state index is 14.0. The highest BCUT2D eigenvalue weighted by atomic mass is 79.9. The molecule has 3 aromatic carbocycles. The molecule has 10 heteroatoms.